The van der Waals surface area contributed by atoms with E-state index in [-0.39, 0.29) is 11.9 Å². The molecule has 1 saturated heterocycles. The van der Waals surface area contributed by atoms with Crippen molar-refractivity contribution >= 4 is 11.6 Å². The van der Waals surface area contributed by atoms with E-state index < -0.39 is 0 Å². The number of nitrogens with one attached hydrogen (secondary N) is 1. The van der Waals surface area contributed by atoms with E-state index in [1.807, 2.05) is 30.0 Å². The highest BCUT2D eigenvalue weighted by Crippen LogP contribution is 2.29. The van der Waals surface area contributed by atoms with Crippen molar-refractivity contribution in [3.05, 3.63) is 18.2 Å². The van der Waals surface area contributed by atoms with Crippen molar-refractivity contribution in [3.8, 4) is 11.5 Å². The molecule has 1 aliphatic heterocycles. The smallest absolute Gasteiger partial charge is 0.244 e. The van der Waals surface area contributed by atoms with Crippen molar-refractivity contribution in [2.75, 3.05) is 32.6 Å². The Bertz CT molecular complexity index is 511. The number of ether oxygens (including phenoxy) is 2. The summed E-state index contributed by atoms with van der Waals surface area (Å²) in [6.45, 7) is 5.84. The molecule has 1 aliphatic rings. The molecule has 1 N–H and O–H groups in total. The standard InChI is InChI=1S/C17H26N2O3/c1-12-7-9-19(10-8-12)17(20)13(2)18-15-6-5-14(21-3)11-16(15)22-4/h5-6,11-13,18H,7-10H2,1-4H3. The highest BCUT2D eigenvalue weighted by Gasteiger charge is 2.24. The number of anilines is 1. The number of carbonyl (C=O) groups excluding carboxylic acids is 1. The van der Waals surface area contributed by atoms with Gasteiger partial charge >= 0.3 is 0 Å². The molecular formula is C17H26N2O3. The topological polar surface area (TPSA) is 50.8 Å². The quantitative estimate of drug-likeness (QED) is 0.909. The number of hydrogen-bond donors (Lipinski definition) is 1. The van der Waals surface area contributed by atoms with E-state index in [2.05, 4.69) is 12.2 Å². The molecule has 0 saturated carbocycles. The molecular weight excluding hydrogens is 280 g/mol. The molecule has 122 valence electrons. The van der Waals surface area contributed by atoms with E-state index in [0.717, 1.165) is 37.4 Å². The molecule has 1 amide bonds. The van der Waals surface area contributed by atoms with Crippen LogP contribution in [0, 0.1) is 5.92 Å². The Labute approximate surface area is 132 Å². The summed E-state index contributed by atoms with van der Waals surface area (Å²) in [5, 5.41) is 3.25. The molecule has 1 unspecified atom stereocenters. The van der Waals surface area contributed by atoms with Gasteiger partial charge in [0.05, 0.1) is 19.9 Å². The van der Waals surface area contributed by atoms with Crippen LogP contribution in [0.3, 0.4) is 0 Å². The van der Waals surface area contributed by atoms with Gasteiger partial charge in [-0.2, -0.15) is 0 Å². The Kier molecular flexibility index (Phi) is 5.52. The zero-order valence-corrected chi connectivity index (χ0v) is 13.9. The average molecular weight is 306 g/mol. The maximum Gasteiger partial charge on any atom is 0.244 e. The molecule has 1 atom stereocenters. The van der Waals surface area contributed by atoms with Crippen LogP contribution in [0.1, 0.15) is 26.7 Å². The maximum absolute atomic E-state index is 12.5. The summed E-state index contributed by atoms with van der Waals surface area (Å²) in [6, 6.07) is 5.25. The van der Waals surface area contributed by atoms with Crippen LogP contribution in [-0.4, -0.2) is 44.2 Å². The van der Waals surface area contributed by atoms with E-state index in [4.69, 9.17) is 9.47 Å². The van der Waals surface area contributed by atoms with Gasteiger partial charge < -0.3 is 19.7 Å². The fraction of sp³-hybridized carbons (Fsp3) is 0.588. The lowest BCUT2D eigenvalue weighted by molar-refractivity contribution is -0.132. The summed E-state index contributed by atoms with van der Waals surface area (Å²) in [5.74, 6) is 2.26. The highest BCUT2D eigenvalue weighted by molar-refractivity contribution is 5.85. The summed E-state index contributed by atoms with van der Waals surface area (Å²) in [6.07, 6.45) is 2.18. The monoisotopic (exact) mass is 306 g/mol. The van der Waals surface area contributed by atoms with Gasteiger partial charge in [0.25, 0.3) is 0 Å². The van der Waals surface area contributed by atoms with Crippen LogP contribution in [0.5, 0.6) is 11.5 Å². The molecule has 0 aliphatic carbocycles. The zero-order chi connectivity index (χ0) is 16.1. The molecule has 5 nitrogen and oxygen atoms in total. The van der Waals surface area contributed by atoms with Gasteiger partial charge in [-0.05, 0) is 37.8 Å². The molecule has 1 fully saturated rings. The number of amides is 1. The van der Waals surface area contributed by atoms with Crippen LogP contribution in [0.25, 0.3) is 0 Å². The second-order valence-electron chi connectivity index (χ2n) is 5.94. The largest absolute Gasteiger partial charge is 0.497 e. The van der Waals surface area contributed by atoms with Crippen LogP contribution in [0.4, 0.5) is 5.69 Å². The number of methoxy groups -OCH3 is 2. The third-order valence-corrected chi connectivity index (χ3v) is 4.25. The Hall–Kier alpha value is -1.91. The average Bonchev–Trinajstić information content (AvgIpc) is 2.55. The van der Waals surface area contributed by atoms with Crippen molar-refractivity contribution in [2.45, 2.75) is 32.7 Å². The van der Waals surface area contributed by atoms with Crippen molar-refractivity contribution in [3.63, 3.8) is 0 Å². The van der Waals surface area contributed by atoms with Gasteiger partial charge in [-0.1, -0.05) is 6.92 Å². The Morgan fingerprint density at radius 3 is 2.55 bits per heavy atom. The van der Waals surface area contributed by atoms with E-state index in [9.17, 15) is 4.79 Å². The molecule has 0 spiro atoms. The second-order valence-corrected chi connectivity index (χ2v) is 5.94. The summed E-state index contributed by atoms with van der Waals surface area (Å²) >= 11 is 0. The molecule has 0 radical (unpaired) electrons. The Morgan fingerprint density at radius 2 is 1.95 bits per heavy atom. The Balaban J connectivity index is 2.02. The number of piperidine rings is 1. The minimum Gasteiger partial charge on any atom is -0.497 e. The molecule has 2 rings (SSSR count). The van der Waals surface area contributed by atoms with Gasteiger partial charge in [-0.15, -0.1) is 0 Å². The normalized spacial score (nSPS) is 17.0. The number of benzene rings is 1. The minimum atomic E-state index is -0.282. The number of hydrogen-bond acceptors (Lipinski definition) is 4. The number of nitrogens with zero attached hydrogens (tertiary/aromatic N) is 1. The fourth-order valence-corrected chi connectivity index (χ4v) is 2.72. The number of rotatable bonds is 5. The van der Waals surface area contributed by atoms with Crippen LogP contribution < -0.4 is 14.8 Å². The van der Waals surface area contributed by atoms with Gasteiger partial charge in [-0.25, -0.2) is 0 Å². The molecule has 1 aromatic rings. The van der Waals surface area contributed by atoms with Gasteiger partial charge in [0, 0.05) is 19.2 Å². The number of likely N-dealkylation sites (tertiary alicyclic amines) is 1. The minimum absolute atomic E-state index is 0.143. The first kappa shape index (κ1) is 16.5. The predicted octanol–water partition coefficient (Wildman–Crippen LogP) is 2.76. The van der Waals surface area contributed by atoms with Gasteiger partial charge in [0.15, 0.2) is 0 Å². The first-order valence-corrected chi connectivity index (χ1v) is 7.82. The Morgan fingerprint density at radius 1 is 1.27 bits per heavy atom. The maximum atomic E-state index is 12.5. The van der Waals surface area contributed by atoms with Crippen molar-refractivity contribution in [1.82, 2.24) is 4.90 Å². The second kappa shape index (κ2) is 7.38. The third-order valence-electron chi connectivity index (χ3n) is 4.25. The zero-order valence-electron chi connectivity index (χ0n) is 13.9. The van der Waals surface area contributed by atoms with E-state index >= 15 is 0 Å². The number of carbonyl (C=O) groups is 1. The summed E-state index contributed by atoms with van der Waals surface area (Å²) in [4.78, 5) is 14.5. The summed E-state index contributed by atoms with van der Waals surface area (Å²) < 4.78 is 10.5. The van der Waals surface area contributed by atoms with Gasteiger partial charge in [0.1, 0.15) is 17.5 Å². The molecule has 1 aromatic carbocycles. The third kappa shape index (κ3) is 3.84. The lowest BCUT2D eigenvalue weighted by atomic mass is 9.99. The van der Waals surface area contributed by atoms with Crippen molar-refractivity contribution < 1.29 is 14.3 Å². The van der Waals surface area contributed by atoms with Crippen LogP contribution in [0.2, 0.25) is 0 Å². The summed E-state index contributed by atoms with van der Waals surface area (Å²) in [5.41, 5.74) is 0.800. The predicted molar refractivity (Wildman–Crippen MR) is 87.6 cm³/mol. The van der Waals surface area contributed by atoms with E-state index in [1.165, 1.54) is 0 Å². The van der Waals surface area contributed by atoms with Gasteiger partial charge in [-0.3, -0.25) is 4.79 Å². The molecule has 0 aromatic heterocycles. The first-order chi connectivity index (χ1) is 10.5. The van der Waals surface area contributed by atoms with Gasteiger partial charge in [0.2, 0.25) is 5.91 Å². The van der Waals surface area contributed by atoms with Crippen molar-refractivity contribution in [2.24, 2.45) is 5.92 Å². The molecule has 0 bridgehead atoms. The highest BCUT2D eigenvalue weighted by atomic mass is 16.5. The molecule has 5 heteroatoms. The van der Waals surface area contributed by atoms with Crippen LogP contribution >= 0.6 is 0 Å². The van der Waals surface area contributed by atoms with E-state index in [1.54, 1.807) is 14.2 Å². The molecule has 22 heavy (non-hydrogen) atoms. The first-order valence-electron chi connectivity index (χ1n) is 7.82. The summed E-state index contributed by atoms with van der Waals surface area (Å²) in [7, 11) is 3.23. The fourth-order valence-electron chi connectivity index (χ4n) is 2.72. The van der Waals surface area contributed by atoms with Crippen LogP contribution in [-0.2, 0) is 4.79 Å². The molecule has 1 heterocycles. The van der Waals surface area contributed by atoms with Crippen molar-refractivity contribution in [1.29, 1.82) is 0 Å². The van der Waals surface area contributed by atoms with Crippen LogP contribution in [0.15, 0.2) is 18.2 Å². The lowest BCUT2D eigenvalue weighted by Gasteiger charge is -2.32. The lowest BCUT2D eigenvalue weighted by Crippen LogP contribution is -2.45. The SMILES string of the molecule is COc1ccc(NC(C)C(=O)N2CCC(C)CC2)c(OC)c1. The van der Waals surface area contributed by atoms with E-state index in [0.29, 0.717) is 11.7 Å².